The SMILES string of the molecule is COCC(C)(C)C(=O)n1nc(C2CCN(S(=O)(=O)N3CCC(O)C3)C(=O)C2C)cc1OCc1ccc(Cl)s1. The minimum absolute atomic E-state index is 0.0240. The molecule has 0 radical (unpaired) electrons. The second-order valence-electron chi connectivity index (χ2n) is 10.3. The second kappa shape index (κ2) is 11.2. The number of hydrogen-bond acceptors (Lipinski definition) is 9. The molecule has 2 fully saturated rings. The number of aliphatic hydroxyl groups excluding tert-OH is 1. The lowest BCUT2D eigenvalue weighted by molar-refractivity contribution is -0.133. The molecule has 2 aliphatic heterocycles. The van der Waals surface area contributed by atoms with Crippen molar-refractivity contribution in [2.24, 2.45) is 11.3 Å². The van der Waals surface area contributed by atoms with Crippen molar-refractivity contribution < 1.29 is 32.6 Å². The predicted octanol–water partition coefficient (Wildman–Crippen LogP) is 2.75. The van der Waals surface area contributed by atoms with Crippen LogP contribution >= 0.6 is 22.9 Å². The monoisotopic (exact) mass is 588 g/mol. The van der Waals surface area contributed by atoms with Gasteiger partial charge >= 0.3 is 10.2 Å². The molecule has 2 aliphatic rings. The third-order valence-corrected chi connectivity index (χ3v) is 10.1. The quantitative estimate of drug-likeness (QED) is 0.473. The summed E-state index contributed by atoms with van der Waals surface area (Å²) in [5.74, 6) is -1.79. The first-order valence-electron chi connectivity index (χ1n) is 12.4. The average molecular weight is 589 g/mol. The number of aromatic nitrogens is 2. The van der Waals surface area contributed by atoms with Crippen LogP contribution < -0.4 is 4.74 Å². The van der Waals surface area contributed by atoms with E-state index in [1.54, 1.807) is 32.9 Å². The fourth-order valence-electron chi connectivity index (χ4n) is 4.80. The fraction of sp³-hybridized carbons (Fsp3) is 0.625. The van der Waals surface area contributed by atoms with E-state index in [4.69, 9.17) is 21.1 Å². The number of rotatable bonds is 9. The second-order valence-corrected chi connectivity index (χ2v) is 14.0. The Morgan fingerprint density at radius 1 is 1.29 bits per heavy atom. The minimum atomic E-state index is -4.03. The summed E-state index contributed by atoms with van der Waals surface area (Å²) in [6.45, 7) is 5.61. The van der Waals surface area contributed by atoms with Gasteiger partial charge in [-0.2, -0.15) is 22.5 Å². The van der Waals surface area contributed by atoms with Crippen LogP contribution in [0.15, 0.2) is 18.2 Å². The Morgan fingerprint density at radius 2 is 2.03 bits per heavy atom. The van der Waals surface area contributed by atoms with Gasteiger partial charge in [0.1, 0.15) is 6.61 Å². The highest BCUT2D eigenvalue weighted by Crippen LogP contribution is 2.37. The molecule has 14 heteroatoms. The topological polar surface area (TPSA) is 131 Å². The summed E-state index contributed by atoms with van der Waals surface area (Å²) in [6, 6.07) is 5.24. The van der Waals surface area contributed by atoms with Crippen LogP contribution in [0.25, 0.3) is 0 Å². The molecule has 0 aliphatic carbocycles. The molecule has 4 heterocycles. The van der Waals surface area contributed by atoms with E-state index < -0.39 is 39.5 Å². The number of hydrogen-bond donors (Lipinski definition) is 1. The Morgan fingerprint density at radius 3 is 2.63 bits per heavy atom. The van der Waals surface area contributed by atoms with Gasteiger partial charge in [-0.05, 0) is 38.8 Å². The zero-order valence-electron chi connectivity index (χ0n) is 21.8. The summed E-state index contributed by atoms with van der Waals surface area (Å²) in [5, 5.41) is 14.3. The molecule has 2 aromatic heterocycles. The summed E-state index contributed by atoms with van der Waals surface area (Å²) in [5.41, 5.74) is -0.429. The van der Waals surface area contributed by atoms with Gasteiger partial charge in [0.15, 0.2) is 0 Å². The highest BCUT2D eigenvalue weighted by Gasteiger charge is 2.45. The number of thiophene rings is 1. The molecule has 4 rings (SSSR count). The summed E-state index contributed by atoms with van der Waals surface area (Å²) >= 11 is 7.39. The van der Waals surface area contributed by atoms with E-state index in [9.17, 15) is 23.1 Å². The lowest BCUT2D eigenvalue weighted by Gasteiger charge is -2.36. The van der Waals surface area contributed by atoms with Crippen molar-refractivity contribution in [3.05, 3.63) is 33.1 Å². The minimum Gasteiger partial charge on any atom is -0.472 e. The average Bonchev–Trinajstić information content (AvgIpc) is 3.58. The van der Waals surface area contributed by atoms with Gasteiger partial charge in [-0.15, -0.1) is 11.3 Å². The standard InChI is InChI=1S/C24H33ClN4O7S2/c1-15-18(8-10-28(22(15)31)38(33,34)27-9-7-16(30)12-27)19-11-21(36-13-17-5-6-20(25)37-17)29(26-19)23(32)24(2,3)14-35-4/h5-6,11,15-16,18,30H,7-10,12-14H2,1-4H3. The van der Waals surface area contributed by atoms with E-state index in [2.05, 4.69) is 5.10 Å². The van der Waals surface area contributed by atoms with Gasteiger partial charge in [-0.25, -0.2) is 4.31 Å². The molecule has 3 unspecified atom stereocenters. The number of amides is 1. The molecule has 38 heavy (non-hydrogen) atoms. The van der Waals surface area contributed by atoms with E-state index in [0.29, 0.717) is 22.9 Å². The maximum absolute atomic E-state index is 13.4. The number of piperidine rings is 1. The maximum atomic E-state index is 13.4. The number of carbonyl (C=O) groups excluding carboxylic acids is 2. The summed E-state index contributed by atoms with van der Waals surface area (Å²) in [7, 11) is -2.52. The van der Waals surface area contributed by atoms with E-state index >= 15 is 0 Å². The smallest absolute Gasteiger partial charge is 0.306 e. The highest BCUT2D eigenvalue weighted by atomic mass is 35.5. The summed E-state index contributed by atoms with van der Waals surface area (Å²) in [4.78, 5) is 27.6. The van der Waals surface area contributed by atoms with Crippen LogP contribution in [0.3, 0.4) is 0 Å². The van der Waals surface area contributed by atoms with Crippen molar-refractivity contribution in [3.63, 3.8) is 0 Å². The molecule has 11 nitrogen and oxygen atoms in total. The Bertz CT molecular complexity index is 1290. The number of carbonyl (C=O) groups is 2. The predicted molar refractivity (Wildman–Crippen MR) is 142 cm³/mol. The molecular weight excluding hydrogens is 556 g/mol. The number of aliphatic hydroxyl groups is 1. The first kappa shape index (κ1) is 29.0. The van der Waals surface area contributed by atoms with Crippen molar-refractivity contribution in [1.82, 2.24) is 18.4 Å². The van der Waals surface area contributed by atoms with Crippen LogP contribution in [0.4, 0.5) is 0 Å². The van der Waals surface area contributed by atoms with Gasteiger partial charge in [-0.3, -0.25) is 9.59 Å². The van der Waals surface area contributed by atoms with Crippen molar-refractivity contribution in [3.8, 4) is 5.88 Å². The van der Waals surface area contributed by atoms with Gasteiger partial charge in [0.25, 0.3) is 5.91 Å². The largest absolute Gasteiger partial charge is 0.472 e. The number of nitrogens with zero attached hydrogens (tertiary/aromatic N) is 4. The lowest BCUT2D eigenvalue weighted by atomic mass is 9.85. The summed E-state index contributed by atoms with van der Waals surface area (Å²) < 4.78 is 41.3. The summed E-state index contributed by atoms with van der Waals surface area (Å²) in [6.07, 6.45) is -0.0673. The number of halogens is 1. The zero-order chi connectivity index (χ0) is 27.8. The molecule has 3 atom stereocenters. The van der Waals surface area contributed by atoms with Crippen LogP contribution in [-0.4, -0.2) is 83.2 Å². The number of ether oxygens (including phenoxy) is 2. The van der Waals surface area contributed by atoms with Crippen molar-refractivity contribution in [2.75, 3.05) is 33.4 Å². The molecule has 2 aromatic rings. The molecule has 0 aromatic carbocycles. The van der Waals surface area contributed by atoms with Crippen LogP contribution in [-0.2, 0) is 26.3 Å². The number of methoxy groups -OCH3 is 1. The molecule has 210 valence electrons. The normalized spacial score (nSPS) is 23.3. The molecule has 2 saturated heterocycles. The first-order valence-corrected chi connectivity index (χ1v) is 14.9. The van der Waals surface area contributed by atoms with E-state index in [1.807, 2.05) is 6.07 Å². The Kier molecular flexibility index (Phi) is 8.55. The van der Waals surface area contributed by atoms with Gasteiger partial charge in [0.2, 0.25) is 11.8 Å². The van der Waals surface area contributed by atoms with E-state index in [1.165, 1.54) is 23.1 Å². The number of β-amino-alcohol motifs (C(OH)–C–C–N with tert-alkyl or cyclic N) is 1. The Hall–Kier alpha value is -2.03. The molecular formula is C24H33ClN4O7S2. The van der Waals surface area contributed by atoms with Crippen molar-refractivity contribution >= 4 is 45.0 Å². The molecule has 0 saturated carbocycles. The molecule has 0 spiro atoms. The zero-order valence-corrected chi connectivity index (χ0v) is 24.2. The van der Waals surface area contributed by atoms with Crippen molar-refractivity contribution in [2.45, 2.75) is 52.2 Å². The van der Waals surface area contributed by atoms with Gasteiger partial charge in [-0.1, -0.05) is 18.5 Å². The highest BCUT2D eigenvalue weighted by molar-refractivity contribution is 7.87. The van der Waals surface area contributed by atoms with E-state index in [0.717, 1.165) is 13.5 Å². The van der Waals surface area contributed by atoms with Crippen LogP contribution in [0.5, 0.6) is 5.88 Å². The van der Waals surface area contributed by atoms with E-state index in [-0.39, 0.29) is 44.6 Å². The van der Waals surface area contributed by atoms with Gasteiger partial charge in [0, 0.05) is 49.5 Å². The van der Waals surface area contributed by atoms with Gasteiger partial charge in [0.05, 0.1) is 28.2 Å². The fourth-order valence-corrected chi connectivity index (χ4v) is 7.51. The molecule has 1 amide bonds. The van der Waals surface area contributed by atoms with Crippen LogP contribution in [0, 0.1) is 11.3 Å². The third kappa shape index (κ3) is 5.77. The third-order valence-electron chi connectivity index (χ3n) is 6.96. The molecule has 0 bridgehead atoms. The van der Waals surface area contributed by atoms with Crippen molar-refractivity contribution in [1.29, 1.82) is 0 Å². The van der Waals surface area contributed by atoms with Crippen LogP contribution in [0.2, 0.25) is 4.34 Å². The van der Waals surface area contributed by atoms with Gasteiger partial charge < -0.3 is 14.6 Å². The Balaban J connectivity index is 1.59. The Labute approximate surface area is 231 Å². The first-order chi connectivity index (χ1) is 17.8. The lowest BCUT2D eigenvalue weighted by Crippen LogP contribution is -2.52. The van der Waals surface area contributed by atoms with Crippen LogP contribution in [0.1, 0.15) is 54.9 Å². The molecule has 1 N–H and O–H groups in total. The maximum Gasteiger partial charge on any atom is 0.306 e.